The lowest BCUT2D eigenvalue weighted by molar-refractivity contribution is -0.0352. The molecule has 0 unspecified atom stereocenters. The molecule has 262 valence electrons. The summed E-state index contributed by atoms with van der Waals surface area (Å²) in [6, 6.07) is 6.01. The molecule has 1 saturated carbocycles. The zero-order valence-corrected chi connectivity index (χ0v) is 28.9. The number of aliphatic hydroxyl groups excluding tert-OH is 1. The van der Waals surface area contributed by atoms with E-state index in [0.717, 1.165) is 95.9 Å². The van der Waals surface area contributed by atoms with Gasteiger partial charge in [0.2, 0.25) is 0 Å². The first kappa shape index (κ1) is 33.6. The minimum Gasteiger partial charge on any atom is -0.490 e. The molecule has 1 aromatic carbocycles. The van der Waals surface area contributed by atoms with Crippen LogP contribution in [0.25, 0.3) is 0 Å². The van der Waals surface area contributed by atoms with Crippen molar-refractivity contribution in [1.82, 2.24) is 29.7 Å². The normalized spacial score (nSPS) is 20.6. The van der Waals surface area contributed by atoms with Gasteiger partial charge in [-0.1, -0.05) is 0 Å². The standard InChI is InChI=1S/C37H48FN7O4/c1-4-45(25(2)3)36(47)29-16-26(38)6-7-32(29)49-34-19-39-24-41-35(34)44-22-37(23-44)17-28(18-37)48-33-8-11-40-31-10-15-43(21-30(31)33)13-5-12-42-14-9-27(46)20-42/h6-8,11,16,19,24-25,27-28,46H,4-5,9-10,12-15,17-18,20-23H2,1-3H3/t27-/m1/s1. The van der Waals surface area contributed by atoms with Gasteiger partial charge >= 0.3 is 0 Å². The molecule has 2 saturated heterocycles. The summed E-state index contributed by atoms with van der Waals surface area (Å²) >= 11 is 0. The number of carbonyl (C=O) groups excluding carboxylic acids is 1. The number of hydrogen-bond acceptors (Lipinski definition) is 10. The third kappa shape index (κ3) is 7.22. The molecule has 7 rings (SSSR count). The number of nitrogens with zero attached hydrogens (tertiary/aromatic N) is 7. The van der Waals surface area contributed by atoms with Crippen molar-refractivity contribution in [2.75, 3.05) is 57.3 Å². The van der Waals surface area contributed by atoms with E-state index in [-0.39, 0.29) is 40.9 Å². The molecule has 1 amide bonds. The smallest absolute Gasteiger partial charge is 0.257 e. The molecule has 3 fully saturated rings. The fourth-order valence-corrected chi connectivity index (χ4v) is 8.04. The molecule has 0 bridgehead atoms. The highest BCUT2D eigenvalue weighted by molar-refractivity contribution is 5.97. The average molecular weight is 674 g/mol. The monoisotopic (exact) mass is 673 g/mol. The van der Waals surface area contributed by atoms with Gasteiger partial charge in [0.15, 0.2) is 11.6 Å². The van der Waals surface area contributed by atoms with Gasteiger partial charge in [0.05, 0.1) is 17.9 Å². The van der Waals surface area contributed by atoms with Crippen LogP contribution in [0.5, 0.6) is 17.2 Å². The molecule has 11 nitrogen and oxygen atoms in total. The van der Waals surface area contributed by atoms with Gasteiger partial charge < -0.3 is 29.3 Å². The van der Waals surface area contributed by atoms with Crippen molar-refractivity contribution in [3.05, 3.63) is 65.6 Å². The Balaban J connectivity index is 0.947. The van der Waals surface area contributed by atoms with E-state index < -0.39 is 5.82 Å². The molecule has 3 aromatic rings. The van der Waals surface area contributed by atoms with Crippen LogP contribution in [0.1, 0.15) is 68.1 Å². The molecular weight excluding hydrogens is 625 g/mol. The Morgan fingerprint density at radius 1 is 1.10 bits per heavy atom. The van der Waals surface area contributed by atoms with E-state index in [9.17, 15) is 14.3 Å². The summed E-state index contributed by atoms with van der Waals surface area (Å²) in [5.74, 6) is 1.56. The van der Waals surface area contributed by atoms with Crippen molar-refractivity contribution in [3.63, 3.8) is 0 Å². The maximum absolute atomic E-state index is 14.3. The number of benzene rings is 1. The van der Waals surface area contributed by atoms with Crippen LogP contribution in [0.2, 0.25) is 0 Å². The van der Waals surface area contributed by atoms with Crippen molar-refractivity contribution in [3.8, 4) is 17.2 Å². The number of hydrogen-bond donors (Lipinski definition) is 1. The molecule has 2 aromatic heterocycles. The lowest BCUT2D eigenvalue weighted by Crippen LogP contribution is -2.65. The fourth-order valence-electron chi connectivity index (χ4n) is 8.04. The highest BCUT2D eigenvalue weighted by Gasteiger charge is 2.54. The van der Waals surface area contributed by atoms with Crippen molar-refractivity contribution >= 4 is 11.7 Å². The Labute approximate surface area is 288 Å². The maximum Gasteiger partial charge on any atom is 0.257 e. The molecule has 49 heavy (non-hydrogen) atoms. The predicted octanol–water partition coefficient (Wildman–Crippen LogP) is 4.54. The van der Waals surface area contributed by atoms with Gasteiger partial charge in [0.1, 0.15) is 29.7 Å². The molecule has 1 aliphatic carbocycles. The van der Waals surface area contributed by atoms with Gasteiger partial charge in [0, 0.05) is 81.1 Å². The van der Waals surface area contributed by atoms with E-state index >= 15 is 0 Å². The highest BCUT2D eigenvalue weighted by Crippen LogP contribution is 2.52. The summed E-state index contributed by atoms with van der Waals surface area (Å²) in [7, 11) is 0. The average Bonchev–Trinajstić information content (AvgIpc) is 3.47. The number of aromatic nitrogens is 3. The van der Waals surface area contributed by atoms with E-state index in [1.54, 1.807) is 11.1 Å². The number of ether oxygens (including phenoxy) is 2. The van der Waals surface area contributed by atoms with Crippen LogP contribution < -0.4 is 14.4 Å². The number of β-amino-alcohol motifs (C(OH)–C–C–N with tert-alkyl or cyclic N) is 1. The van der Waals surface area contributed by atoms with E-state index in [1.807, 2.05) is 33.0 Å². The summed E-state index contributed by atoms with van der Waals surface area (Å²) in [6.07, 6.45) is 9.81. The largest absolute Gasteiger partial charge is 0.490 e. The van der Waals surface area contributed by atoms with Gasteiger partial charge in [-0.05, 0) is 83.8 Å². The van der Waals surface area contributed by atoms with Crippen LogP contribution in [-0.2, 0) is 13.0 Å². The van der Waals surface area contributed by atoms with Crippen molar-refractivity contribution < 1.29 is 23.8 Å². The van der Waals surface area contributed by atoms with Crippen LogP contribution in [0.4, 0.5) is 10.2 Å². The lowest BCUT2D eigenvalue weighted by atomic mass is 9.61. The van der Waals surface area contributed by atoms with Crippen LogP contribution in [-0.4, -0.2) is 111 Å². The third-order valence-electron chi connectivity index (χ3n) is 10.6. The zero-order chi connectivity index (χ0) is 34.1. The van der Waals surface area contributed by atoms with Gasteiger partial charge in [-0.2, -0.15) is 0 Å². The van der Waals surface area contributed by atoms with Gasteiger partial charge in [0.25, 0.3) is 5.91 Å². The maximum atomic E-state index is 14.3. The molecule has 4 aliphatic rings. The summed E-state index contributed by atoms with van der Waals surface area (Å²) in [5.41, 5.74) is 2.70. The van der Waals surface area contributed by atoms with E-state index in [4.69, 9.17) is 9.47 Å². The second-order valence-electron chi connectivity index (χ2n) is 14.5. The number of halogens is 1. The van der Waals surface area contributed by atoms with Gasteiger partial charge in [-0.25, -0.2) is 14.4 Å². The topological polar surface area (TPSA) is 107 Å². The number of likely N-dealkylation sites (tertiary alicyclic amines) is 1. The Bertz CT molecular complexity index is 1640. The van der Waals surface area contributed by atoms with E-state index in [2.05, 4.69) is 29.7 Å². The summed E-state index contributed by atoms with van der Waals surface area (Å²) < 4.78 is 27.2. The number of aliphatic hydroxyl groups is 1. The Morgan fingerprint density at radius 3 is 2.67 bits per heavy atom. The first-order chi connectivity index (χ1) is 23.7. The van der Waals surface area contributed by atoms with Crippen molar-refractivity contribution in [1.29, 1.82) is 0 Å². The number of carbonyl (C=O) groups is 1. The molecule has 1 atom stereocenters. The Morgan fingerprint density at radius 2 is 1.92 bits per heavy atom. The molecular formula is C37H48FN7O4. The SMILES string of the molecule is CCN(C(=O)c1cc(F)ccc1Oc1cncnc1N1CC2(CC(Oc3ccnc4c3CN(CCCN3CC[C@@H](O)C3)CC4)C2)C1)C(C)C. The number of amides is 1. The van der Waals surface area contributed by atoms with E-state index in [1.165, 1.54) is 30.1 Å². The molecule has 0 radical (unpaired) electrons. The number of rotatable bonds is 12. The van der Waals surface area contributed by atoms with Crippen LogP contribution in [0.15, 0.2) is 43.0 Å². The first-order valence-electron chi connectivity index (χ1n) is 17.8. The number of fused-ring (bicyclic) bond motifs is 1. The van der Waals surface area contributed by atoms with Crippen molar-refractivity contribution in [2.45, 2.75) is 77.7 Å². The highest BCUT2D eigenvalue weighted by atomic mass is 19.1. The molecule has 1 spiro atoms. The molecule has 3 aliphatic heterocycles. The van der Waals surface area contributed by atoms with Crippen LogP contribution in [0.3, 0.4) is 0 Å². The van der Waals surface area contributed by atoms with E-state index in [0.29, 0.717) is 18.1 Å². The third-order valence-corrected chi connectivity index (χ3v) is 10.6. The zero-order valence-electron chi connectivity index (χ0n) is 28.9. The Hall–Kier alpha value is -3.87. The summed E-state index contributed by atoms with van der Waals surface area (Å²) in [5, 5.41) is 9.82. The molecule has 12 heteroatoms. The summed E-state index contributed by atoms with van der Waals surface area (Å²) in [4.78, 5) is 35.5. The lowest BCUT2D eigenvalue weighted by Gasteiger charge is -2.59. The second-order valence-corrected chi connectivity index (χ2v) is 14.5. The minimum absolute atomic E-state index is 0.0396. The molecule has 5 heterocycles. The van der Waals surface area contributed by atoms with Crippen LogP contribution in [0, 0.1) is 11.2 Å². The quantitative estimate of drug-likeness (QED) is 0.295. The number of pyridine rings is 1. The minimum atomic E-state index is -0.494. The Kier molecular flexibility index (Phi) is 9.72. The van der Waals surface area contributed by atoms with Crippen LogP contribution >= 0.6 is 0 Å². The summed E-state index contributed by atoms with van der Waals surface area (Å²) in [6.45, 7) is 13.7. The second kappa shape index (κ2) is 14.2. The predicted molar refractivity (Wildman–Crippen MR) is 184 cm³/mol. The number of anilines is 1. The first-order valence-corrected chi connectivity index (χ1v) is 17.8. The van der Waals surface area contributed by atoms with Gasteiger partial charge in [-0.3, -0.25) is 14.7 Å². The van der Waals surface area contributed by atoms with Gasteiger partial charge in [-0.15, -0.1) is 0 Å². The van der Waals surface area contributed by atoms with Crippen molar-refractivity contribution in [2.24, 2.45) is 5.41 Å². The molecule has 1 N–H and O–H groups in total. The fraction of sp³-hybridized carbons (Fsp3) is 0.568.